The van der Waals surface area contributed by atoms with E-state index in [0.717, 1.165) is 61.0 Å². The number of ether oxygens (including phenoxy) is 4. The first kappa shape index (κ1) is 42.7. The number of rotatable bonds is 15. The van der Waals surface area contributed by atoms with Gasteiger partial charge in [0.1, 0.15) is 47.7 Å². The smallest absolute Gasteiger partial charge is 0.226 e. The van der Waals surface area contributed by atoms with E-state index >= 15 is 0 Å². The summed E-state index contributed by atoms with van der Waals surface area (Å²) in [6.45, 7) is 9.33. The second kappa shape index (κ2) is 19.0. The molecular weight excluding hydrogens is 832 g/mol. The highest BCUT2D eigenvalue weighted by molar-refractivity contribution is 7.22. The number of likely N-dealkylation sites (N-methyl/N-ethyl adjacent to an activating group) is 1. The van der Waals surface area contributed by atoms with Crippen molar-refractivity contribution < 1.29 is 27.7 Å². The molecule has 4 aromatic carbocycles. The third-order valence-corrected chi connectivity index (χ3v) is 12.5. The molecule has 0 spiro atoms. The van der Waals surface area contributed by atoms with Crippen molar-refractivity contribution in [3.05, 3.63) is 125 Å². The summed E-state index contributed by atoms with van der Waals surface area (Å²) < 4.78 is 54.2. The number of methoxy groups -OCH3 is 1. The van der Waals surface area contributed by atoms with E-state index in [1.807, 2.05) is 80.6 Å². The number of hydrogen-bond acceptors (Lipinski definition) is 12. The molecule has 0 amide bonds. The van der Waals surface area contributed by atoms with E-state index in [4.69, 9.17) is 41.3 Å². The molecule has 8 rings (SSSR count). The molecule has 7 aromatic rings. The van der Waals surface area contributed by atoms with E-state index < -0.39 is 17.7 Å². The van der Waals surface area contributed by atoms with Gasteiger partial charge in [-0.15, -0.1) is 11.3 Å². The lowest BCUT2D eigenvalue weighted by Crippen LogP contribution is -2.45. The maximum atomic E-state index is 15.0. The van der Waals surface area contributed by atoms with Gasteiger partial charge >= 0.3 is 0 Å². The zero-order valence-corrected chi connectivity index (χ0v) is 36.4. The van der Waals surface area contributed by atoms with Crippen LogP contribution in [0.4, 0.5) is 14.5 Å². The first-order chi connectivity index (χ1) is 30.1. The SMILES string of the molecule is COc1ccccc1-c1nccc(COc2ccccc2CC(C)Oc2ncnc3sc(-c4cc(N)c(F)c(F)c4)c(-c4ccc(OCCN5CCN(C)CC5)c(Cl)c4C)c23)n1. The summed E-state index contributed by atoms with van der Waals surface area (Å²) in [5, 5.41) is 1.04. The molecule has 1 aliphatic rings. The van der Waals surface area contributed by atoms with E-state index in [1.165, 1.54) is 23.7 Å². The van der Waals surface area contributed by atoms with Crippen LogP contribution in [0.25, 0.3) is 43.2 Å². The Morgan fingerprint density at radius 1 is 0.887 bits per heavy atom. The minimum atomic E-state index is -1.11. The highest BCUT2D eigenvalue weighted by Gasteiger charge is 2.26. The van der Waals surface area contributed by atoms with Gasteiger partial charge < -0.3 is 29.6 Å². The van der Waals surface area contributed by atoms with Gasteiger partial charge in [0.05, 0.1) is 34.5 Å². The van der Waals surface area contributed by atoms with Crippen LogP contribution in [0.2, 0.25) is 5.02 Å². The fourth-order valence-electron chi connectivity index (χ4n) is 7.54. The first-order valence-corrected chi connectivity index (χ1v) is 21.5. The zero-order chi connectivity index (χ0) is 43.3. The summed E-state index contributed by atoms with van der Waals surface area (Å²) in [5.74, 6) is 0.609. The molecule has 1 fully saturated rings. The quantitative estimate of drug-likeness (QED) is 0.0992. The Balaban J connectivity index is 1.07. The number of hydrogen-bond donors (Lipinski definition) is 1. The number of anilines is 1. The van der Waals surface area contributed by atoms with E-state index in [0.29, 0.717) is 78.9 Å². The van der Waals surface area contributed by atoms with Crippen molar-refractivity contribution in [2.24, 2.45) is 0 Å². The normalized spacial score (nSPS) is 13.9. The summed E-state index contributed by atoms with van der Waals surface area (Å²) in [6, 6.07) is 23.5. The molecule has 4 heterocycles. The number of aromatic nitrogens is 4. The topological polar surface area (TPSA) is 121 Å². The summed E-state index contributed by atoms with van der Waals surface area (Å²) in [5.41, 5.74) is 10.6. The van der Waals surface area contributed by atoms with Crippen molar-refractivity contribution in [3.8, 4) is 56.1 Å². The maximum Gasteiger partial charge on any atom is 0.226 e. The average molecular weight is 878 g/mol. The van der Waals surface area contributed by atoms with Gasteiger partial charge in [-0.05, 0) is 85.6 Å². The molecule has 320 valence electrons. The van der Waals surface area contributed by atoms with Crippen molar-refractivity contribution in [1.82, 2.24) is 29.7 Å². The number of halogens is 3. The number of nitrogens with zero attached hydrogens (tertiary/aromatic N) is 6. The third-order valence-electron chi connectivity index (χ3n) is 10.9. The second-order valence-corrected chi connectivity index (χ2v) is 16.5. The van der Waals surface area contributed by atoms with Crippen LogP contribution in [0, 0.1) is 18.6 Å². The molecule has 62 heavy (non-hydrogen) atoms. The Morgan fingerprint density at radius 2 is 1.66 bits per heavy atom. The first-order valence-electron chi connectivity index (χ1n) is 20.3. The highest BCUT2D eigenvalue weighted by Crippen LogP contribution is 2.50. The fraction of sp³-hybridized carbons (Fsp3) is 0.277. The predicted molar refractivity (Wildman–Crippen MR) is 240 cm³/mol. The molecule has 0 aliphatic carbocycles. The molecule has 2 N–H and O–H groups in total. The van der Waals surface area contributed by atoms with E-state index in [9.17, 15) is 8.78 Å². The lowest BCUT2D eigenvalue weighted by Gasteiger charge is -2.32. The Kier molecular flexibility index (Phi) is 13.1. The molecule has 0 radical (unpaired) electrons. The number of para-hydroxylation sites is 2. The maximum absolute atomic E-state index is 15.0. The standard InChI is InChI=1S/C47H46ClF2N7O4S/c1-28(23-30-9-5-7-11-37(30)60-26-32-15-16-52-45(55-32)34-10-6-8-12-38(34)58-4)61-46-41-40(44(62-47(41)54-27-53-46)31-24-35(49)43(50)36(51)25-31)33-13-14-39(42(48)29(33)2)59-22-21-57-19-17-56(3)18-20-57/h5-16,24-25,27-28H,17-23,26,51H2,1-4H3. The molecule has 1 saturated heterocycles. The van der Waals surface area contributed by atoms with Crippen LogP contribution >= 0.6 is 22.9 Å². The molecular formula is C47H46ClF2N7O4S. The van der Waals surface area contributed by atoms with Crippen molar-refractivity contribution >= 4 is 38.8 Å². The van der Waals surface area contributed by atoms with Crippen molar-refractivity contribution in [1.29, 1.82) is 0 Å². The van der Waals surface area contributed by atoms with Crippen LogP contribution in [-0.2, 0) is 13.0 Å². The van der Waals surface area contributed by atoms with Gasteiger partial charge in [-0.25, -0.2) is 28.7 Å². The van der Waals surface area contributed by atoms with Gasteiger partial charge in [0.2, 0.25) is 5.88 Å². The van der Waals surface area contributed by atoms with Crippen molar-refractivity contribution in [2.75, 3.05) is 59.2 Å². The summed E-state index contributed by atoms with van der Waals surface area (Å²) in [6.07, 6.45) is 3.21. The lowest BCUT2D eigenvalue weighted by molar-refractivity contribution is 0.134. The minimum absolute atomic E-state index is 0.209. The lowest BCUT2D eigenvalue weighted by atomic mass is 9.95. The minimum Gasteiger partial charge on any atom is -0.496 e. The number of nitrogens with two attached hydrogens (primary N) is 1. The van der Waals surface area contributed by atoms with Gasteiger partial charge in [0.15, 0.2) is 17.5 Å². The summed E-state index contributed by atoms with van der Waals surface area (Å²) >= 11 is 8.36. The van der Waals surface area contributed by atoms with E-state index in [2.05, 4.69) is 31.8 Å². The van der Waals surface area contributed by atoms with Crippen molar-refractivity contribution in [2.45, 2.75) is 33.0 Å². The Hall–Kier alpha value is -5.93. The summed E-state index contributed by atoms with van der Waals surface area (Å²) in [7, 11) is 3.75. The number of benzene rings is 4. The van der Waals surface area contributed by atoms with Gasteiger partial charge in [-0.2, -0.15) is 0 Å². The average Bonchev–Trinajstić information content (AvgIpc) is 3.67. The zero-order valence-electron chi connectivity index (χ0n) is 34.8. The Labute approximate surface area is 368 Å². The van der Waals surface area contributed by atoms with Crippen molar-refractivity contribution in [3.63, 3.8) is 0 Å². The fourth-order valence-corrected chi connectivity index (χ4v) is 8.89. The third kappa shape index (κ3) is 9.28. The van der Waals surface area contributed by atoms with Gasteiger partial charge in [-0.3, -0.25) is 4.90 Å². The van der Waals surface area contributed by atoms with Crippen LogP contribution in [0.15, 0.2) is 91.4 Å². The van der Waals surface area contributed by atoms with Crippen LogP contribution in [0.5, 0.6) is 23.1 Å². The van der Waals surface area contributed by atoms with E-state index in [1.54, 1.807) is 13.3 Å². The van der Waals surface area contributed by atoms with Gasteiger partial charge in [0.25, 0.3) is 0 Å². The van der Waals surface area contributed by atoms with Crippen LogP contribution in [-0.4, -0.2) is 89.3 Å². The molecule has 15 heteroatoms. The van der Waals surface area contributed by atoms with Gasteiger partial charge in [0, 0.05) is 55.8 Å². The molecule has 11 nitrogen and oxygen atoms in total. The molecule has 1 unspecified atom stereocenters. The number of piperazine rings is 1. The largest absolute Gasteiger partial charge is 0.496 e. The van der Waals surface area contributed by atoms with Crippen LogP contribution in [0.1, 0.15) is 23.7 Å². The molecule has 0 saturated carbocycles. The van der Waals surface area contributed by atoms with Gasteiger partial charge in [-0.1, -0.05) is 48.0 Å². The predicted octanol–water partition coefficient (Wildman–Crippen LogP) is 9.53. The van der Waals surface area contributed by atoms with E-state index in [-0.39, 0.29) is 12.3 Å². The van der Waals surface area contributed by atoms with Crippen LogP contribution in [0.3, 0.4) is 0 Å². The Bertz CT molecular complexity index is 2690. The molecule has 0 bridgehead atoms. The van der Waals surface area contributed by atoms with Crippen LogP contribution < -0.4 is 24.7 Å². The number of thiophene rings is 1. The summed E-state index contributed by atoms with van der Waals surface area (Å²) in [4.78, 5) is 24.3. The number of nitrogen functional groups attached to an aromatic ring is 1. The molecule has 1 atom stereocenters. The highest BCUT2D eigenvalue weighted by atomic mass is 35.5. The monoisotopic (exact) mass is 877 g/mol. The molecule has 3 aromatic heterocycles. The number of fused-ring (bicyclic) bond motifs is 1. The second-order valence-electron chi connectivity index (χ2n) is 15.2. The molecule has 1 aliphatic heterocycles. The Morgan fingerprint density at radius 3 is 2.45 bits per heavy atom.